The van der Waals surface area contributed by atoms with Crippen molar-refractivity contribution in [3.8, 4) is 0 Å². The summed E-state index contributed by atoms with van der Waals surface area (Å²) in [5.41, 5.74) is -0.505. The second-order valence-corrected chi connectivity index (χ2v) is 6.02. The van der Waals surface area contributed by atoms with Gasteiger partial charge in [0.2, 0.25) is 0 Å². The first-order chi connectivity index (χ1) is 12.3. The number of halogens is 2. The lowest BCUT2D eigenvalue weighted by atomic mass is 10.2. The van der Waals surface area contributed by atoms with Gasteiger partial charge in [-0.1, -0.05) is 23.2 Å². The number of nitrogens with zero attached hydrogens (tertiary/aromatic N) is 2. The number of nitrogens with one attached hydrogen (secondary N) is 1. The van der Waals surface area contributed by atoms with Crippen LogP contribution < -0.4 is 5.56 Å². The van der Waals surface area contributed by atoms with E-state index in [1.54, 1.807) is 6.07 Å². The molecule has 2 aromatic carbocycles. The summed E-state index contributed by atoms with van der Waals surface area (Å²) in [6.07, 6.45) is 0. The van der Waals surface area contributed by atoms with E-state index in [1.807, 2.05) is 0 Å². The average molecular weight is 394 g/mol. The molecule has 8 nitrogen and oxygen atoms in total. The van der Waals surface area contributed by atoms with Crippen molar-refractivity contribution in [3.63, 3.8) is 0 Å². The quantitative estimate of drug-likeness (QED) is 0.412. The Kier molecular flexibility index (Phi) is 4.88. The zero-order chi connectivity index (χ0) is 18.8. The summed E-state index contributed by atoms with van der Waals surface area (Å²) in [5.74, 6) is -0.708. The molecule has 1 aromatic heterocycles. The van der Waals surface area contributed by atoms with Crippen LogP contribution in [0.2, 0.25) is 10.0 Å². The second kappa shape index (κ2) is 7.11. The molecule has 26 heavy (non-hydrogen) atoms. The zero-order valence-corrected chi connectivity index (χ0v) is 14.4. The smallest absolute Gasteiger partial charge is 0.338 e. The Balaban J connectivity index is 1.82. The van der Waals surface area contributed by atoms with E-state index in [1.165, 1.54) is 24.3 Å². The number of esters is 1. The molecule has 1 N–H and O–H groups in total. The van der Waals surface area contributed by atoms with Crippen LogP contribution in [0.15, 0.2) is 41.2 Å². The summed E-state index contributed by atoms with van der Waals surface area (Å²) in [4.78, 5) is 40.9. The van der Waals surface area contributed by atoms with Gasteiger partial charge in [0.15, 0.2) is 0 Å². The Hall–Kier alpha value is -2.97. The van der Waals surface area contributed by atoms with Gasteiger partial charge in [-0.05, 0) is 30.3 Å². The van der Waals surface area contributed by atoms with E-state index >= 15 is 0 Å². The van der Waals surface area contributed by atoms with Crippen LogP contribution in [0.5, 0.6) is 0 Å². The number of carbonyl (C=O) groups is 1. The van der Waals surface area contributed by atoms with Gasteiger partial charge in [0.05, 0.1) is 21.4 Å². The van der Waals surface area contributed by atoms with Crippen LogP contribution in [0.4, 0.5) is 5.69 Å². The normalized spacial score (nSPS) is 10.7. The molecule has 10 heteroatoms. The average Bonchev–Trinajstić information content (AvgIpc) is 2.59. The molecule has 0 saturated heterocycles. The van der Waals surface area contributed by atoms with Crippen molar-refractivity contribution >= 4 is 45.8 Å². The number of carbonyl (C=O) groups excluding carboxylic acids is 1. The van der Waals surface area contributed by atoms with E-state index in [-0.39, 0.29) is 23.0 Å². The SMILES string of the molecule is O=C(OCc1nc2cc(Cl)ccc2c(=O)[nH]1)c1ccc(Cl)c([N+](=O)[O-])c1. The fourth-order valence-electron chi connectivity index (χ4n) is 2.23. The Bertz CT molecular complexity index is 1100. The van der Waals surface area contributed by atoms with Crippen molar-refractivity contribution in [2.24, 2.45) is 0 Å². The van der Waals surface area contributed by atoms with Crippen LogP contribution in [0.3, 0.4) is 0 Å². The maximum absolute atomic E-state index is 12.1. The summed E-state index contributed by atoms with van der Waals surface area (Å²) < 4.78 is 5.05. The number of hydrogen-bond acceptors (Lipinski definition) is 6. The first-order valence-electron chi connectivity index (χ1n) is 7.14. The molecule has 132 valence electrons. The lowest BCUT2D eigenvalue weighted by molar-refractivity contribution is -0.384. The summed E-state index contributed by atoms with van der Waals surface area (Å²) in [5, 5.41) is 11.5. The van der Waals surface area contributed by atoms with Crippen molar-refractivity contribution in [2.75, 3.05) is 0 Å². The van der Waals surface area contributed by atoms with Crippen molar-refractivity contribution < 1.29 is 14.5 Å². The predicted octanol–water partition coefficient (Wildman–Crippen LogP) is 3.50. The van der Waals surface area contributed by atoms with Gasteiger partial charge in [-0.2, -0.15) is 0 Å². The lowest BCUT2D eigenvalue weighted by Crippen LogP contribution is -2.14. The van der Waals surface area contributed by atoms with Gasteiger partial charge < -0.3 is 9.72 Å². The molecule has 0 unspecified atom stereocenters. The predicted molar refractivity (Wildman–Crippen MR) is 94.6 cm³/mol. The van der Waals surface area contributed by atoms with E-state index in [9.17, 15) is 19.7 Å². The molecule has 0 atom stereocenters. The van der Waals surface area contributed by atoms with E-state index in [2.05, 4.69) is 9.97 Å². The number of nitro benzene ring substituents is 1. The molecule has 0 radical (unpaired) electrons. The van der Waals surface area contributed by atoms with Gasteiger partial charge in [-0.25, -0.2) is 9.78 Å². The zero-order valence-electron chi connectivity index (χ0n) is 12.9. The minimum absolute atomic E-state index is 0.0488. The molecule has 0 aliphatic heterocycles. The number of aromatic nitrogens is 2. The molecule has 0 fully saturated rings. The summed E-state index contributed by atoms with van der Waals surface area (Å²) in [6.45, 7) is -0.326. The molecule has 0 bridgehead atoms. The molecule has 3 aromatic rings. The lowest BCUT2D eigenvalue weighted by Gasteiger charge is -2.06. The Morgan fingerprint density at radius 2 is 2.00 bits per heavy atom. The van der Waals surface area contributed by atoms with E-state index in [0.717, 1.165) is 6.07 Å². The summed E-state index contributed by atoms with van der Waals surface area (Å²) >= 11 is 11.6. The molecule has 0 amide bonds. The van der Waals surface area contributed by atoms with Crippen LogP contribution in [-0.4, -0.2) is 20.9 Å². The largest absolute Gasteiger partial charge is 0.454 e. The number of nitro groups is 1. The highest BCUT2D eigenvalue weighted by atomic mass is 35.5. The third-order valence-corrected chi connectivity index (χ3v) is 3.99. The molecule has 3 rings (SSSR count). The van der Waals surface area contributed by atoms with Crippen LogP contribution in [0, 0.1) is 10.1 Å². The molecule has 1 heterocycles. The van der Waals surface area contributed by atoms with Gasteiger partial charge in [0.1, 0.15) is 17.5 Å². The third-order valence-electron chi connectivity index (χ3n) is 3.44. The van der Waals surface area contributed by atoms with Crippen molar-refractivity contribution in [1.29, 1.82) is 0 Å². The Morgan fingerprint density at radius 3 is 2.73 bits per heavy atom. The highest BCUT2D eigenvalue weighted by Gasteiger charge is 2.17. The monoisotopic (exact) mass is 393 g/mol. The Labute approximate surface area is 155 Å². The molecule has 0 spiro atoms. The van der Waals surface area contributed by atoms with E-state index < -0.39 is 22.1 Å². The first kappa shape index (κ1) is 17.8. The van der Waals surface area contributed by atoms with Crippen LogP contribution in [-0.2, 0) is 11.3 Å². The fourth-order valence-corrected chi connectivity index (χ4v) is 2.58. The third kappa shape index (κ3) is 3.66. The number of fused-ring (bicyclic) bond motifs is 1. The van der Waals surface area contributed by atoms with Crippen molar-refractivity contribution in [2.45, 2.75) is 6.61 Å². The highest BCUT2D eigenvalue weighted by Crippen LogP contribution is 2.25. The summed E-state index contributed by atoms with van der Waals surface area (Å²) in [7, 11) is 0. The standard InChI is InChI=1S/C16H9Cl2N3O5/c17-9-2-3-10-12(6-9)19-14(20-15(10)22)7-26-16(23)8-1-4-11(18)13(5-8)21(24)25/h1-6H,7H2,(H,19,20,22). The molecular weight excluding hydrogens is 385 g/mol. The van der Waals surface area contributed by atoms with Crippen molar-refractivity contribution in [1.82, 2.24) is 9.97 Å². The van der Waals surface area contributed by atoms with Gasteiger partial charge in [-0.3, -0.25) is 14.9 Å². The van der Waals surface area contributed by atoms with Crippen molar-refractivity contribution in [3.05, 3.63) is 78.3 Å². The number of H-pyrrole nitrogens is 1. The maximum atomic E-state index is 12.1. The number of rotatable bonds is 4. The highest BCUT2D eigenvalue weighted by molar-refractivity contribution is 6.32. The molecule has 0 aliphatic carbocycles. The van der Waals surface area contributed by atoms with Crippen LogP contribution in [0.25, 0.3) is 10.9 Å². The van der Waals surface area contributed by atoms with E-state index in [4.69, 9.17) is 27.9 Å². The minimum atomic E-state index is -0.821. The number of benzene rings is 2. The van der Waals surface area contributed by atoms with Crippen LogP contribution >= 0.6 is 23.2 Å². The summed E-state index contributed by atoms with van der Waals surface area (Å²) in [6, 6.07) is 8.16. The number of ether oxygens (including phenoxy) is 1. The topological polar surface area (TPSA) is 115 Å². The molecule has 0 saturated carbocycles. The first-order valence-corrected chi connectivity index (χ1v) is 7.90. The van der Waals surface area contributed by atoms with Gasteiger partial charge in [0, 0.05) is 11.1 Å². The Morgan fingerprint density at radius 1 is 1.23 bits per heavy atom. The maximum Gasteiger partial charge on any atom is 0.338 e. The van der Waals surface area contributed by atoms with Gasteiger partial charge >= 0.3 is 5.97 Å². The fraction of sp³-hybridized carbons (Fsp3) is 0.0625. The van der Waals surface area contributed by atoms with Gasteiger partial charge in [0.25, 0.3) is 11.2 Å². The van der Waals surface area contributed by atoms with Crippen LogP contribution in [0.1, 0.15) is 16.2 Å². The number of aromatic amines is 1. The van der Waals surface area contributed by atoms with Gasteiger partial charge in [-0.15, -0.1) is 0 Å². The molecule has 0 aliphatic rings. The minimum Gasteiger partial charge on any atom is -0.454 e. The second-order valence-electron chi connectivity index (χ2n) is 5.17. The molecular formula is C16H9Cl2N3O5. The number of hydrogen-bond donors (Lipinski definition) is 1. The van der Waals surface area contributed by atoms with E-state index in [0.29, 0.717) is 15.9 Å².